The van der Waals surface area contributed by atoms with Crippen molar-refractivity contribution < 1.29 is 10.1 Å². The van der Waals surface area contributed by atoms with E-state index in [-0.39, 0.29) is 5.91 Å². The molecule has 1 aromatic carbocycles. The molecule has 0 aliphatic carbocycles. The predicted molar refractivity (Wildman–Crippen MR) is 90.0 cm³/mol. The van der Waals surface area contributed by atoms with Gasteiger partial charge in [0.05, 0.1) is 24.5 Å². The highest BCUT2D eigenvalue weighted by Crippen LogP contribution is 2.30. The molecule has 1 atom stereocenters. The molecule has 1 amide bonds. The Balaban J connectivity index is 1.73. The largest absolute Gasteiger partial charge is 0.341 e. The van der Waals surface area contributed by atoms with E-state index >= 15 is 0 Å². The minimum Gasteiger partial charge on any atom is -0.341 e. The Morgan fingerprint density at radius 2 is 2.19 bits per heavy atom. The average Bonchev–Trinajstić information content (AvgIpc) is 2.83. The lowest BCUT2D eigenvalue weighted by Crippen LogP contribution is -2.94. The van der Waals surface area contributed by atoms with Gasteiger partial charge < -0.3 is 10.2 Å². The van der Waals surface area contributed by atoms with Gasteiger partial charge in [-0.15, -0.1) is 0 Å². The predicted octanol–water partition coefficient (Wildman–Crippen LogP) is 1.69. The van der Waals surface area contributed by atoms with Gasteiger partial charge in [-0.05, 0) is 42.5 Å². The number of piperazine rings is 1. The summed E-state index contributed by atoms with van der Waals surface area (Å²) >= 11 is 4.90. The number of halogens is 1. The van der Waals surface area contributed by atoms with Crippen molar-refractivity contribution in [1.82, 2.24) is 4.90 Å². The van der Waals surface area contributed by atoms with Gasteiger partial charge in [-0.2, -0.15) is 4.99 Å². The van der Waals surface area contributed by atoms with Crippen molar-refractivity contribution in [3.8, 4) is 0 Å². The van der Waals surface area contributed by atoms with Gasteiger partial charge in [-0.1, -0.05) is 28.1 Å². The molecule has 0 radical (unpaired) electrons. The van der Waals surface area contributed by atoms with Crippen LogP contribution < -0.4 is 5.32 Å². The van der Waals surface area contributed by atoms with Crippen LogP contribution in [0.5, 0.6) is 0 Å². The summed E-state index contributed by atoms with van der Waals surface area (Å²) in [6.45, 7) is 5.16. The van der Waals surface area contributed by atoms with Crippen LogP contribution in [0.25, 0.3) is 6.08 Å². The van der Waals surface area contributed by atoms with Crippen molar-refractivity contribution in [2.24, 2.45) is 4.99 Å². The fourth-order valence-corrected chi connectivity index (χ4v) is 3.66. The second-order valence-corrected chi connectivity index (χ2v) is 7.23. The molecule has 6 heteroatoms. The maximum atomic E-state index is 12.1. The lowest BCUT2D eigenvalue weighted by molar-refractivity contribution is -0.693. The Kier molecular flexibility index (Phi) is 4.47. The molecule has 21 heavy (non-hydrogen) atoms. The molecule has 0 unspecified atom stereocenters. The summed E-state index contributed by atoms with van der Waals surface area (Å²) in [7, 11) is 0. The molecular formula is C15H17BrN3OS+. The van der Waals surface area contributed by atoms with Crippen molar-refractivity contribution >= 4 is 44.8 Å². The third-order valence-electron chi connectivity index (χ3n) is 3.52. The zero-order valence-electron chi connectivity index (χ0n) is 11.8. The Morgan fingerprint density at radius 1 is 1.43 bits per heavy atom. The molecule has 4 nitrogen and oxygen atoms in total. The number of carbonyl (C=O) groups is 1. The molecule has 110 valence electrons. The molecule has 2 aliphatic rings. The number of benzene rings is 1. The molecule has 1 saturated heterocycles. The smallest absolute Gasteiger partial charge is 0.286 e. The molecule has 0 spiro atoms. The second-order valence-electron chi connectivity index (χ2n) is 5.31. The van der Waals surface area contributed by atoms with Crippen LogP contribution in [-0.4, -0.2) is 41.7 Å². The van der Waals surface area contributed by atoms with Crippen molar-refractivity contribution in [2.45, 2.75) is 13.0 Å². The van der Waals surface area contributed by atoms with Crippen molar-refractivity contribution in [3.63, 3.8) is 0 Å². The number of hydrogen-bond acceptors (Lipinski definition) is 3. The van der Waals surface area contributed by atoms with E-state index in [1.54, 1.807) is 0 Å². The molecule has 2 heterocycles. The van der Waals surface area contributed by atoms with Crippen LogP contribution in [0.4, 0.5) is 0 Å². The zero-order valence-corrected chi connectivity index (χ0v) is 14.2. The summed E-state index contributed by atoms with van der Waals surface area (Å²) in [6.07, 6.45) is 1.91. The average molecular weight is 367 g/mol. The Labute approximate surface area is 136 Å². The number of hydrogen-bond donors (Lipinski definition) is 1. The van der Waals surface area contributed by atoms with Gasteiger partial charge >= 0.3 is 0 Å². The minimum absolute atomic E-state index is 0.125. The fraction of sp³-hybridized carbons (Fsp3) is 0.333. The first-order valence-electron chi connectivity index (χ1n) is 6.98. The number of amidine groups is 1. The van der Waals surface area contributed by atoms with Crippen LogP contribution in [0.1, 0.15) is 12.5 Å². The first kappa shape index (κ1) is 14.8. The number of quaternary nitrogens is 1. The summed E-state index contributed by atoms with van der Waals surface area (Å²) in [5.41, 5.74) is 1.02. The second kappa shape index (κ2) is 6.34. The van der Waals surface area contributed by atoms with E-state index in [2.05, 4.69) is 38.1 Å². The van der Waals surface area contributed by atoms with E-state index in [0.717, 1.165) is 34.8 Å². The third-order valence-corrected chi connectivity index (χ3v) is 5.10. The Morgan fingerprint density at radius 3 is 2.90 bits per heavy atom. The van der Waals surface area contributed by atoms with Crippen molar-refractivity contribution in [1.29, 1.82) is 0 Å². The van der Waals surface area contributed by atoms with E-state index in [1.165, 1.54) is 11.8 Å². The van der Waals surface area contributed by atoms with E-state index in [4.69, 9.17) is 0 Å². The third kappa shape index (κ3) is 3.56. The van der Waals surface area contributed by atoms with E-state index in [0.29, 0.717) is 10.9 Å². The number of nitrogens with zero attached hydrogens (tertiary/aromatic N) is 2. The molecular weight excluding hydrogens is 350 g/mol. The first-order chi connectivity index (χ1) is 10.1. The van der Waals surface area contributed by atoms with Crippen molar-refractivity contribution in [3.05, 3.63) is 39.2 Å². The summed E-state index contributed by atoms with van der Waals surface area (Å²) < 4.78 is 1.03. The first-order valence-corrected chi connectivity index (χ1v) is 8.59. The van der Waals surface area contributed by atoms with Gasteiger partial charge in [0.25, 0.3) is 5.91 Å². The Hall–Kier alpha value is -1.11. The molecule has 1 fully saturated rings. The number of amides is 1. The highest BCUT2D eigenvalue weighted by atomic mass is 79.9. The van der Waals surface area contributed by atoms with Crippen LogP contribution in [0.15, 0.2) is 38.6 Å². The van der Waals surface area contributed by atoms with Crippen molar-refractivity contribution in [2.75, 3.05) is 19.6 Å². The monoisotopic (exact) mass is 366 g/mol. The fourth-order valence-electron chi connectivity index (χ4n) is 2.45. The molecule has 0 aromatic heterocycles. The number of nitrogens with two attached hydrogens (primary N) is 1. The molecule has 2 aliphatic heterocycles. The summed E-state index contributed by atoms with van der Waals surface area (Å²) in [6, 6.07) is 8.47. The highest BCUT2D eigenvalue weighted by molar-refractivity contribution is 9.10. The lowest BCUT2D eigenvalue weighted by Gasteiger charge is -2.29. The molecule has 0 saturated carbocycles. The van der Waals surface area contributed by atoms with E-state index in [1.807, 2.05) is 30.3 Å². The quantitative estimate of drug-likeness (QED) is 0.769. The summed E-state index contributed by atoms with van der Waals surface area (Å²) in [5.74, 6) is -0.125. The number of thioether (sulfide) groups is 1. The van der Waals surface area contributed by atoms with Gasteiger partial charge in [0.15, 0.2) is 5.17 Å². The van der Waals surface area contributed by atoms with E-state index in [9.17, 15) is 4.79 Å². The van der Waals surface area contributed by atoms with Crippen LogP contribution >= 0.6 is 27.7 Å². The van der Waals surface area contributed by atoms with Gasteiger partial charge in [0, 0.05) is 4.47 Å². The van der Waals surface area contributed by atoms with Crippen LogP contribution in [0.2, 0.25) is 0 Å². The number of aliphatic imine (C=N–C) groups is 1. The standard InChI is InChI=1S/C15H16BrN3OS/c1-10-9-19(7-6-17-10)15-18-14(20)13(21-15)8-11-2-4-12(16)5-3-11/h2-5,8,10,17H,6-7,9H2,1H3/p+1/b13-8+/t10-/m1/s1. The minimum atomic E-state index is -0.125. The summed E-state index contributed by atoms with van der Waals surface area (Å²) in [4.78, 5) is 19.2. The van der Waals surface area contributed by atoms with Crippen LogP contribution in [-0.2, 0) is 4.79 Å². The topological polar surface area (TPSA) is 49.3 Å². The van der Waals surface area contributed by atoms with Gasteiger partial charge in [-0.25, -0.2) is 0 Å². The van der Waals surface area contributed by atoms with Crippen LogP contribution in [0.3, 0.4) is 0 Å². The number of carbonyl (C=O) groups excluding carboxylic acids is 1. The maximum Gasteiger partial charge on any atom is 0.286 e. The van der Waals surface area contributed by atoms with Gasteiger partial charge in [-0.3, -0.25) is 4.79 Å². The molecule has 1 aromatic rings. The highest BCUT2D eigenvalue weighted by Gasteiger charge is 2.29. The van der Waals surface area contributed by atoms with Gasteiger partial charge in [0.1, 0.15) is 6.04 Å². The number of rotatable bonds is 1. The molecule has 2 N–H and O–H groups in total. The zero-order chi connectivity index (χ0) is 14.8. The maximum absolute atomic E-state index is 12.1. The normalized spacial score (nSPS) is 24.6. The summed E-state index contributed by atoms with van der Waals surface area (Å²) in [5, 5.41) is 3.18. The Bertz CT molecular complexity index is 612. The van der Waals surface area contributed by atoms with Gasteiger partial charge in [0.2, 0.25) is 0 Å². The van der Waals surface area contributed by atoms with E-state index < -0.39 is 0 Å². The van der Waals surface area contributed by atoms with Crippen LogP contribution in [0, 0.1) is 0 Å². The SMILES string of the molecule is C[C@@H]1CN(C2=NC(=O)/C(=C\c3ccc(Br)cc3)S2)CC[NH2+]1. The lowest BCUT2D eigenvalue weighted by atomic mass is 10.2. The molecule has 3 rings (SSSR count). The molecule has 0 bridgehead atoms.